The van der Waals surface area contributed by atoms with Crippen LogP contribution in [0.2, 0.25) is 0 Å². The lowest BCUT2D eigenvalue weighted by atomic mass is 10.0. The Morgan fingerprint density at radius 1 is 1.33 bits per heavy atom. The van der Waals surface area contributed by atoms with E-state index < -0.39 is 0 Å². The molecule has 2 heteroatoms. The highest BCUT2D eigenvalue weighted by atomic mass is 15.2. The Bertz CT molecular complexity index is 193. The van der Waals surface area contributed by atoms with Crippen LogP contribution >= 0.6 is 0 Å². The molecule has 15 heavy (non-hydrogen) atoms. The van der Waals surface area contributed by atoms with Gasteiger partial charge < -0.3 is 9.80 Å². The second kappa shape index (κ2) is 4.84. The van der Waals surface area contributed by atoms with Gasteiger partial charge in [0, 0.05) is 24.7 Å². The molecule has 1 rings (SSSR count). The van der Waals surface area contributed by atoms with E-state index in [0.29, 0.717) is 5.54 Å². The van der Waals surface area contributed by atoms with Gasteiger partial charge in [0.2, 0.25) is 0 Å². The molecule has 0 radical (unpaired) electrons. The molecule has 0 bridgehead atoms. The highest BCUT2D eigenvalue weighted by molar-refractivity contribution is 4.82. The van der Waals surface area contributed by atoms with Gasteiger partial charge in [0.1, 0.15) is 0 Å². The third kappa shape index (κ3) is 3.76. The zero-order valence-electron chi connectivity index (χ0n) is 11.4. The second-order valence-corrected chi connectivity index (χ2v) is 6.29. The molecule has 0 aliphatic carbocycles. The van der Waals surface area contributed by atoms with Crippen molar-refractivity contribution in [1.29, 1.82) is 0 Å². The van der Waals surface area contributed by atoms with Crippen LogP contribution in [0, 0.1) is 5.92 Å². The van der Waals surface area contributed by atoms with Gasteiger partial charge in [-0.2, -0.15) is 0 Å². The molecule has 0 aromatic rings. The summed E-state index contributed by atoms with van der Waals surface area (Å²) in [5, 5.41) is 0. The van der Waals surface area contributed by atoms with Crippen LogP contribution in [0.5, 0.6) is 0 Å². The fourth-order valence-electron chi connectivity index (χ4n) is 2.14. The Labute approximate surface area is 95.6 Å². The molecule has 1 aliphatic rings. The van der Waals surface area contributed by atoms with Gasteiger partial charge in [0.15, 0.2) is 0 Å². The van der Waals surface area contributed by atoms with Crippen molar-refractivity contribution >= 4 is 0 Å². The zero-order valence-corrected chi connectivity index (χ0v) is 11.4. The maximum Gasteiger partial charge on any atom is 0.0122 e. The van der Waals surface area contributed by atoms with Crippen molar-refractivity contribution in [2.24, 2.45) is 5.92 Å². The summed E-state index contributed by atoms with van der Waals surface area (Å²) in [5.41, 5.74) is 0.311. The highest BCUT2D eigenvalue weighted by Gasteiger charge is 2.27. The molecule has 1 atom stereocenters. The van der Waals surface area contributed by atoms with Crippen LogP contribution in [0.4, 0.5) is 0 Å². The van der Waals surface area contributed by atoms with Gasteiger partial charge in [0.25, 0.3) is 0 Å². The lowest BCUT2D eigenvalue weighted by Crippen LogP contribution is -2.41. The fourth-order valence-corrected chi connectivity index (χ4v) is 2.14. The molecular weight excluding hydrogens is 184 g/mol. The molecule has 1 heterocycles. The van der Waals surface area contributed by atoms with E-state index >= 15 is 0 Å². The lowest BCUT2D eigenvalue weighted by Gasteiger charge is -2.34. The van der Waals surface area contributed by atoms with Crippen molar-refractivity contribution < 1.29 is 0 Å². The minimum atomic E-state index is 0.311. The SMILES string of the molecule is CC(C)N1CCC(CN(C)C(C)(C)C)C1. The zero-order chi connectivity index (χ0) is 11.6. The summed E-state index contributed by atoms with van der Waals surface area (Å²) in [6, 6.07) is 0.718. The van der Waals surface area contributed by atoms with E-state index in [1.807, 2.05) is 0 Å². The minimum Gasteiger partial charge on any atom is -0.301 e. The number of nitrogens with zero attached hydrogens (tertiary/aromatic N) is 2. The molecule has 0 aromatic heterocycles. The van der Waals surface area contributed by atoms with E-state index in [9.17, 15) is 0 Å². The van der Waals surface area contributed by atoms with Gasteiger partial charge >= 0.3 is 0 Å². The monoisotopic (exact) mass is 212 g/mol. The summed E-state index contributed by atoms with van der Waals surface area (Å²) in [6.45, 7) is 15.3. The molecule has 0 saturated carbocycles. The first-order valence-electron chi connectivity index (χ1n) is 6.26. The maximum atomic E-state index is 2.60. The van der Waals surface area contributed by atoms with Crippen LogP contribution in [0.25, 0.3) is 0 Å². The molecule has 1 saturated heterocycles. The Kier molecular flexibility index (Phi) is 4.19. The molecule has 0 aromatic carbocycles. The molecule has 0 spiro atoms. The standard InChI is InChI=1S/C13H28N2/c1-11(2)15-8-7-12(10-15)9-14(6)13(3,4)5/h11-12H,7-10H2,1-6H3. The van der Waals surface area contributed by atoms with Gasteiger partial charge in [-0.15, -0.1) is 0 Å². The molecule has 2 nitrogen and oxygen atoms in total. The van der Waals surface area contributed by atoms with Crippen LogP contribution in [-0.4, -0.2) is 48.1 Å². The molecule has 1 fully saturated rings. The third-order valence-electron chi connectivity index (χ3n) is 3.72. The first-order valence-corrected chi connectivity index (χ1v) is 6.26. The Morgan fingerprint density at radius 3 is 2.33 bits per heavy atom. The van der Waals surface area contributed by atoms with Crippen molar-refractivity contribution in [3.8, 4) is 0 Å². The number of hydrogen-bond acceptors (Lipinski definition) is 2. The Morgan fingerprint density at radius 2 is 1.93 bits per heavy atom. The van der Waals surface area contributed by atoms with E-state index in [1.54, 1.807) is 0 Å². The normalized spacial score (nSPS) is 24.4. The quantitative estimate of drug-likeness (QED) is 0.709. The molecule has 1 unspecified atom stereocenters. The molecular formula is C13H28N2. The first kappa shape index (κ1) is 13.0. The summed E-state index contributed by atoms with van der Waals surface area (Å²) in [4.78, 5) is 5.09. The van der Waals surface area contributed by atoms with E-state index in [2.05, 4.69) is 51.5 Å². The van der Waals surface area contributed by atoms with E-state index in [0.717, 1.165) is 12.0 Å². The fraction of sp³-hybridized carbons (Fsp3) is 1.00. The first-order chi connectivity index (χ1) is 6.80. The molecule has 90 valence electrons. The summed E-state index contributed by atoms with van der Waals surface area (Å²) >= 11 is 0. The largest absolute Gasteiger partial charge is 0.301 e. The van der Waals surface area contributed by atoms with Crippen molar-refractivity contribution in [3.05, 3.63) is 0 Å². The van der Waals surface area contributed by atoms with E-state index in [-0.39, 0.29) is 0 Å². The maximum absolute atomic E-state index is 2.60. The number of rotatable bonds is 3. The van der Waals surface area contributed by atoms with Crippen LogP contribution < -0.4 is 0 Å². The average Bonchev–Trinajstić information content (AvgIpc) is 2.50. The molecule has 0 amide bonds. The number of hydrogen-bond donors (Lipinski definition) is 0. The topological polar surface area (TPSA) is 6.48 Å². The smallest absolute Gasteiger partial charge is 0.0122 e. The van der Waals surface area contributed by atoms with Gasteiger partial charge in [-0.1, -0.05) is 0 Å². The van der Waals surface area contributed by atoms with Gasteiger partial charge in [0.05, 0.1) is 0 Å². The summed E-state index contributed by atoms with van der Waals surface area (Å²) in [6.07, 6.45) is 1.37. The Balaban J connectivity index is 2.36. The van der Waals surface area contributed by atoms with E-state index in [1.165, 1.54) is 26.1 Å². The van der Waals surface area contributed by atoms with Crippen molar-refractivity contribution in [2.75, 3.05) is 26.7 Å². The third-order valence-corrected chi connectivity index (χ3v) is 3.72. The lowest BCUT2D eigenvalue weighted by molar-refractivity contribution is 0.146. The second-order valence-electron chi connectivity index (χ2n) is 6.29. The highest BCUT2D eigenvalue weighted by Crippen LogP contribution is 2.21. The number of likely N-dealkylation sites (tertiary alicyclic amines) is 1. The van der Waals surface area contributed by atoms with Crippen molar-refractivity contribution in [2.45, 2.75) is 52.6 Å². The molecule has 1 aliphatic heterocycles. The predicted octanol–water partition coefficient (Wildman–Crippen LogP) is 2.45. The van der Waals surface area contributed by atoms with Crippen LogP contribution in [0.3, 0.4) is 0 Å². The Hall–Kier alpha value is -0.0800. The average molecular weight is 212 g/mol. The summed E-state index contributed by atoms with van der Waals surface area (Å²) < 4.78 is 0. The minimum absolute atomic E-state index is 0.311. The van der Waals surface area contributed by atoms with Gasteiger partial charge in [-0.25, -0.2) is 0 Å². The summed E-state index contributed by atoms with van der Waals surface area (Å²) in [7, 11) is 2.25. The predicted molar refractivity (Wildman–Crippen MR) is 67.2 cm³/mol. The van der Waals surface area contributed by atoms with Crippen molar-refractivity contribution in [3.63, 3.8) is 0 Å². The van der Waals surface area contributed by atoms with Gasteiger partial charge in [-0.05, 0) is 60.5 Å². The van der Waals surface area contributed by atoms with E-state index in [4.69, 9.17) is 0 Å². The van der Waals surface area contributed by atoms with Crippen molar-refractivity contribution in [1.82, 2.24) is 9.80 Å². The molecule has 0 N–H and O–H groups in total. The van der Waals surface area contributed by atoms with Crippen LogP contribution in [0.1, 0.15) is 41.0 Å². The van der Waals surface area contributed by atoms with Crippen LogP contribution in [-0.2, 0) is 0 Å². The summed E-state index contributed by atoms with van der Waals surface area (Å²) in [5.74, 6) is 0.872. The van der Waals surface area contributed by atoms with Crippen LogP contribution in [0.15, 0.2) is 0 Å². The van der Waals surface area contributed by atoms with Gasteiger partial charge in [-0.3, -0.25) is 0 Å².